The number of thioether (sulfide) groups is 1. The highest BCUT2D eigenvalue weighted by atomic mass is 32.2. The van der Waals surface area contributed by atoms with E-state index in [0.29, 0.717) is 5.75 Å². The van der Waals surface area contributed by atoms with E-state index in [1.807, 2.05) is 38.1 Å². The zero-order chi connectivity index (χ0) is 14.8. The van der Waals surface area contributed by atoms with Crippen LogP contribution in [0.3, 0.4) is 0 Å². The Labute approximate surface area is 127 Å². The molecule has 3 rings (SSSR count). The fourth-order valence-electron chi connectivity index (χ4n) is 2.16. The topological polar surface area (TPSA) is 70.3 Å². The van der Waals surface area contributed by atoms with Crippen molar-refractivity contribution in [1.82, 2.24) is 9.97 Å². The maximum absolute atomic E-state index is 6.24. The predicted molar refractivity (Wildman–Crippen MR) is 81.7 cm³/mol. The summed E-state index contributed by atoms with van der Waals surface area (Å²) < 4.78 is 10.7. The van der Waals surface area contributed by atoms with Crippen molar-refractivity contribution in [3.05, 3.63) is 41.2 Å². The van der Waals surface area contributed by atoms with Crippen molar-refractivity contribution in [1.29, 1.82) is 0 Å². The molecule has 0 bridgehead atoms. The van der Waals surface area contributed by atoms with Gasteiger partial charge in [0.05, 0.1) is 0 Å². The summed E-state index contributed by atoms with van der Waals surface area (Å²) in [6.07, 6.45) is 0. The largest absolute Gasteiger partial charge is 0.454 e. The molecule has 2 heterocycles. The number of nitrogens with zero attached hydrogens (tertiary/aromatic N) is 2. The standard InChI is InChI=1S/C15H17N3O2S/c1-9-5-10(2)18-15(17-9)21-7-12(16)11-3-4-13-14(6-11)20-8-19-13/h3-6,12H,7-8,16H2,1-2H3. The smallest absolute Gasteiger partial charge is 0.231 e. The van der Waals surface area contributed by atoms with Crippen molar-refractivity contribution in [2.45, 2.75) is 25.0 Å². The van der Waals surface area contributed by atoms with Gasteiger partial charge in [0, 0.05) is 23.2 Å². The summed E-state index contributed by atoms with van der Waals surface area (Å²) in [6, 6.07) is 7.67. The van der Waals surface area contributed by atoms with E-state index in [4.69, 9.17) is 15.2 Å². The lowest BCUT2D eigenvalue weighted by Gasteiger charge is -2.12. The third-order valence-electron chi connectivity index (χ3n) is 3.18. The first-order valence-corrected chi connectivity index (χ1v) is 7.70. The van der Waals surface area contributed by atoms with Gasteiger partial charge in [-0.3, -0.25) is 0 Å². The Morgan fingerprint density at radius 2 is 1.86 bits per heavy atom. The molecule has 0 aliphatic carbocycles. The van der Waals surface area contributed by atoms with Crippen molar-refractivity contribution in [2.75, 3.05) is 12.5 Å². The SMILES string of the molecule is Cc1cc(C)nc(SCC(N)c2ccc3c(c2)OCO3)n1. The second-order valence-corrected chi connectivity index (χ2v) is 5.95. The summed E-state index contributed by atoms with van der Waals surface area (Å²) in [5.41, 5.74) is 9.21. The van der Waals surface area contributed by atoms with Gasteiger partial charge in [-0.15, -0.1) is 0 Å². The van der Waals surface area contributed by atoms with Crippen LogP contribution in [0.4, 0.5) is 0 Å². The molecule has 0 amide bonds. The van der Waals surface area contributed by atoms with Crippen LogP contribution >= 0.6 is 11.8 Å². The minimum Gasteiger partial charge on any atom is -0.454 e. The summed E-state index contributed by atoms with van der Waals surface area (Å²) in [7, 11) is 0. The average molecular weight is 303 g/mol. The highest BCUT2D eigenvalue weighted by Crippen LogP contribution is 2.34. The van der Waals surface area contributed by atoms with Gasteiger partial charge in [-0.1, -0.05) is 17.8 Å². The molecule has 0 fully saturated rings. The zero-order valence-corrected chi connectivity index (χ0v) is 12.8. The number of benzene rings is 1. The summed E-state index contributed by atoms with van der Waals surface area (Å²) in [5, 5.41) is 0.767. The average Bonchev–Trinajstić information content (AvgIpc) is 2.91. The fraction of sp³-hybridized carbons (Fsp3) is 0.333. The molecular weight excluding hydrogens is 286 g/mol. The maximum Gasteiger partial charge on any atom is 0.231 e. The van der Waals surface area contributed by atoms with E-state index in [2.05, 4.69) is 9.97 Å². The van der Waals surface area contributed by atoms with Gasteiger partial charge in [-0.25, -0.2) is 9.97 Å². The van der Waals surface area contributed by atoms with Gasteiger partial charge in [0.1, 0.15) is 0 Å². The molecule has 1 aromatic carbocycles. The highest BCUT2D eigenvalue weighted by Gasteiger charge is 2.16. The molecule has 21 heavy (non-hydrogen) atoms. The molecule has 1 aliphatic heterocycles. The summed E-state index contributed by atoms with van der Waals surface area (Å²) >= 11 is 1.57. The summed E-state index contributed by atoms with van der Waals surface area (Å²) in [5.74, 6) is 2.24. The van der Waals surface area contributed by atoms with E-state index in [1.165, 1.54) is 0 Å². The van der Waals surface area contributed by atoms with Crippen LogP contribution in [0.15, 0.2) is 29.4 Å². The third-order valence-corrected chi connectivity index (χ3v) is 4.15. The molecule has 6 heteroatoms. The van der Waals surface area contributed by atoms with Crippen LogP contribution in [-0.4, -0.2) is 22.5 Å². The normalized spacial score (nSPS) is 14.2. The monoisotopic (exact) mass is 303 g/mol. The van der Waals surface area contributed by atoms with Gasteiger partial charge < -0.3 is 15.2 Å². The van der Waals surface area contributed by atoms with E-state index >= 15 is 0 Å². The lowest BCUT2D eigenvalue weighted by atomic mass is 10.1. The van der Waals surface area contributed by atoms with Gasteiger partial charge >= 0.3 is 0 Å². The number of hydrogen-bond acceptors (Lipinski definition) is 6. The molecule has 1 aliphatic rings. The highest BCUT2D eigenvalue weighted by molar-refractivity contribution is 7.99. The molecule has 110 valence electrons. The van der Waals surface area contributed by atoms with Crippen LogP contribution in [0.25, 0.3) is 0 Å². The molecule has 0 saturated heterocycles. The first-order chi connectivity index (χ1) is 10.1. The van der Waals surface area contributed by atoms with Crippen LogP contribution < -0.4 is 15.2 Å². The Morgan fingerprint density at radius 1 is 1.14 bits per heavy atom. The minimum absolute atomic E-state index is 0.103. The van der Waals surface area contributed by atoms with Crippen LogP contribution in [0.5, 0.6) is 11.5 Å². The van der Waals surface area contributed by atoms with E-state index in [0.717, 1.165) is 33.6 Å². The van der Waals surface area contributed by atoms with Gasteiger partial charge in [-0.2, -0.15) is 0 Å². The second kappa shape index (κ2) is 5.91. The van der Waals surface area contributed by atoms with E-state index in [-0.39, 0.29) is 12.8 Å². The maximum atomic E-state index is 6.24. The molecule has 5 nitrogen and oxygen atoms in total. The number of hydrogen-bond donors (Lipinski definition) is 1. The quantitative estimate of drug-likeness (QED) is 0.691. The first-order valence-electron chi connectivity index (χ1n) is 6.72. The van der Waals surface area contributed by atoms with E-state index < -0.39 is 0 Å². The molecule has 0 spiro atoms. The molecule has 0 saturated carbocycles. The number of nitrogens with two attached hydrogens (primary N) is 1. The Balaban J connectivity index is 1.67. The molecule has 1 unspecified atom stereocenters. The van der Waals surface area contributed by atoms with Crippen molar-refractivity contribution in [3.8, 4) is 11.5 Å². The van der Waals surface area contributed by atoms with Crippen LogP contribution in [0.1, 0.15) is 23.0 Å². The number of fused-ring (bicyclic) bond motifs is 1. The number of aromatic nitrogens is 2. The van der Waals surface area contributed by atoms with Gasteiger partial charge in [-0.05, 0) is 37.6 Å². The molecule has 1 aromatic heterocycles. The van der Waals surface area contributed by atoms with E-state index in [1.54, 1.807) is 11.8 Å². The van der Waals surface area contributed by atoms with Gasteiger partial charge in [0.2, 0.25) is 6.79 Å². The summed E-state index contributed by atoms with van der Waals surface area (Å²) in [4.78, 5) is 8.82. The Kier molecular flexibility index (Phi) is 3.98. The molecule has 1 atom stereocenters. The lowest BCUT2D eigenvalue weighted by Crippen LogP contribution is -2.13. The van der Waals surface area contributed by atoms with Crippen molar-refractivity contribution < 1.29 is 9.47 Å². The third kappa shape index (κ3) is 3.28. The van der Waals surface area contributed by atoms with Crippen molar-refractivity contribution >= 4 is 11.8 Å². The predicted octanol–water partition coefficient (Wildman–Crippen LogP) is 2.61. The lowest BCUT2D eigenvalue weighted by molar-refractivity contribution is 0.174. The van der Waals surface area contributed by atoms with E-state index in [9.17, 15) is 0 Å². The number of ether oxygens (including phenoxy) is 2. The van der Waals surface area contributed by atoms with Gasteiger partial charge in [0.25, 0.3) is 0 Å². The van der Waals surface area contributed by atoms with Gasteiger partial charge in [0.15, 0.2) is 16.7 Å². The molecule has 0 radical (unpaired) electrons. The van der Waals surface area contributed by atoms with Crippen LogP contribution in [0.2, 0.25) is 0 Å². The fourth-order valence-corrected chi connectivity index (χ4v) is 3.10. The second-order valence-electron chi connectivity index (χ2n) is 4.96. The number of aryl methyl sites for hydroxylation is 2. The van der Waals surface area contributed by atoms with Crippen molar-refractivity contribution in [3.63, 3.8) is 0 Å². The molecule has 2 N–H and O–H groups in total. The number of rotatable bonds is 4. The van der Waals surface area contributed by atoms with Crippen LogP contribution in [-0.2, 0) is 0 Å². The summed E-state index contributed by atoms with van der Waals surface area (Å²) in [6.45, 7) is 4.21. The molecular formula is C15H17N3O2S. The zero-order valence-electron chi connectivity index (χ0n) is 12.0. The molecule has 2 aromatic rings. The Hall–Kier alpha value is -1.79. The minimum atomic E-state index is -0.103. The Bertz CT molecular complexity index is 643. The van der Waals surface area contributed by atoms with Crippen LogP contribution in [0, 0.1) is 13.8 Å². The van der Waals surface area contributed by atoms with Crippen molar-refractivity contribution in [2.24, 2.45) is 5.73 Å². The first kappa shape index (κ1) is 14.2. The Morgan fingerprint density at radius 3 is 2.62 bits per heavy atom.